The van der Waals surface area contributed by atoms with Gasteiger partial charge in [0.25, 0.3) is 5.91 Å². The van der Waals surface area contributed by atoms with Crippen LogP contribution in [0.1, 0.15) is 35.2 Å². The molecule has 0 spiro atoms. The van der Waals surface area contributed by atoms with Crippen LogP contribution in [0.15, 0.2) is 18.2 Å². The van der Waals surface area contributed by atoms with Gasteiger partial charge in [-0.2, -0.15) is 0 Å². The molecule has 0 aliphatic rings. The quantitative estimate of drug-likeness (QED) is 0.575. The van der Waals surface area contributed by atoms with Crippen LogP contribution in [0.3, 0.4) is 0 Å². The number of ether oxygens (including phenoxy) is 1. The number of carbonyl (C=O) groups is 1. The van der Waals surface area contributed by atoms with E-state index in [4.69, 9.17) is 10.5 Å². The highest BCUT2D eigenvalue weighted by Crippen LogP contribution is 2.13. The molecule has 0 aliphatic heterocycles. The van der Waals surface area contributed by atoms with E-state index in [2.05, 4.69) is 5.32 Å². The molecule has 0 bridgehead atoms. The molecule has 100 valence electrons. The molecule has 1 amide bonds. The number of nitrogens with one attached hydrogen (secondary N) is 1. The molecule has 0 heterocycles. The number of hydrogen-bond donors (Lipinski definition) is 2. The first-order chi connectivity index (χ1) is 8.65. The van der Waals surface area contributed by atoms with Crippen molar-refractivity contribution >= 4 is 11.6 Å². The number of benzene rings is 1. The molecule has 0 saturated carbocycles. The van der Waals surface area contributed by atoms with Crippen LogP contribution in [0.4, 0.5) is 5.69 Å². The van der Waals surface area contributed by atoms with Gasteiger partial charge >= 0.3 is 0 Å². The first-order valence-electron chi connectivity index (χ1n) is 6.28. The summed E-state index contributed by atoms with van der Waals surface area (Å²) in [5, 5.41) is 2.88. The molecule has 4 heteroatoms. The molecular weight excluding hydrogens is 228 g/mol. The molecule has 0 aliphatic carbocycles. The van der Waals surface area contributed by atoms with Gasteiger partial charge in [0.1, 0.15) is 0 Å². The van der Waals surface area contributed by atoms with Crippen LogP contribution in [-0.4, -0.2) is 26.2 Å². The van der Waals surface area contributed by atoms with Crippen LogP contribution < -0.4 is 11.1 Å². The maximum Gasteiger partial charge on any atom is 0.253 e. The van der Waals surface area contributed by atoms with E-state index in [1.54, 1.807) is 13.2 Å². The Kier molecular flexibility index (Phi) is 6.22. The predicted molar refractivity (Wildman–Crippen MR) is 73.7 cm³/mol. The third kappa shape index (κ3) is 4.75. The van der Waals surface area contributed by atoms with Crippen molar-refractivity contribution in [1.29, 1.82) is 0 Å². The van der Waals surface area contributed by atoms with E-state index < -0.39 is 0 Å². The average molecular weight is 250 g/mol. The molecule has 0 saturated heterocycles. The van der Waals surface area contributed by atoms with Gasteiger partial charge in [-0.15, -0.1) is 0 Å². The Bertz CT molecular complexity index is 391. The van der Waals surface area contributed by atoms with Crippen molar-refractivity contribution in [3.8, 4) is 0 Å². The number of unbranched alkanes of at least 4 members (excludes halogenated alkanes) is 2. The van der Waals surface area contributed by atoms with Crippen LogP contribution in [0, 0.1) is 6.92 Å². The van der Waals surface area contributed by atoms with Crippen LogP contribution in [-0.2, 0) is 4.74 Å². The third-order valence-corrected chi connectivity index (χ3v) is 2.76. The van der Waals surface area contributed by atoms with Crippen molar-refractivity contribution in [2.24, 2.45) is 0 Å². The normalized spacial score (nSPS) is 10.3. The summed E-state index contributed by atoms with van der Waals surface area (Å²) in [7, 11) is 1.70. The molecule has 0 unspecified atom stereocenters. The Morgan fingerprint density at radius 1 is 1.33 bits per heavy atom. The summed E-state index contributed by atoms with van der Waals surface area (Å²) in [5.74, 6) is -0.0979. The zero-order valence-electron chi connectivity index (χ0n) is 11.2. The molecule has 4 nitrogen and oxygen atoms in total. The van der Waals surface area contributed by atoms with Gasteiger partial charge in [0.2, 0.25) is 0 Å². The second kappa shape index (κ2) is 7.71. The Morgan fingerprint density at radius 2 is 2.11 bits per heavy atom. The van der Waals surface area contributed by atoms with Crippen molar-refractivity contribution in [3.63, 3.8) is 0 Å². The monoisotopic (exact) mass is 250 g/mol. The fourth-order valence-electron chi connectivity index (χ4n) is 1.73. The standard InChI is InChI=1S/C14H22N2O2/c1-11-6-7-12(13(15)10-11)14(17)16-8-4-3-5-9-18-2/h6-7,10H,3-5,8-9,15H2,1-2H3,(H,16,17). The number of anilines is 1. The van der Waals surface area contributed by atoms with E-state index in [9.17, 15) is 4.79 Å². The van der Waals surface area contributed by atoms with E-state index in [0.29, 0.717) is 17.8 Å². The number of rotatable bonds is 7. The number of methoxy groups -OCH3 is 1. The largest absolute Gasteiger partial charge is 0.398 e. The Labute approximate surface area is 109 Å². The average Bonchev–Trinajstić information content (AvgIpc) is 2.33. The predicted octanol–water partition coefficient (Wildman–Crippen LogP) is 2.12. The minimum absolute atomic E-state index is 0.0979. The second-order valence-corrected chi connectivity index (χ2v) is 4.40. The molecule has 0 fully saturated rings. The third-order valence-electron chi connectivity index (χ3n) is 2.76. The molecule has 3 N–H and O–H groups in total. The highest BCUT2D eigenvalue weighted by atomic mass is 16.5. The van der Waals surface area contributed by atoms with Gasteiger partial charge in [-0.3, -0.25) is 4.79 Å². The number of hydrogen-bond acceptors (Lipinski definition) is 3. The Hall–Kier alpha value is -1.55. The molecule has 0 radical (unpaired) electrons. The number of carbonyl (C=O) groups excluding carboxylic acids is 1. The molecule has 0 aromatic heterocycles. The summed E-state index contributed by atoms with van der Waals surface area (Å²) < 4.78 is 4.96. The zero-order chi connectivity index (χ0) is 13.4. The maximum atomic E-state index is 11.8. The molecule has 18 heavy (non-hydrogen) atoms. The van der Waals surface area contributed by atoms with Crippen LogP contribution >= 0.6 is 0 Å². The Morgan fingerprint density at radius 3 is 2.78 bits per heavy atom. The summed E-state index contributed by atoms with van der Waals surface area (Å²) in [5.41, 5.74) is 7.96. The number of nitrogens with two attached hydrogens (primary N) is 1. The number of aryl methyl sites for hydroxylation is 1. The van der Waals surface area contributed by atoms with Gasteiger partial charge in [0, 0.05) is 25.9 Å². The molecule has 1 rings (SSSR count). The molecule has 1 aromatic carbocycles. The minimum Gasteiger partial charge on any atom is -0.398 e. The van der Waals surface area contributed by atoms with Gasteiger partial charge in [0.15, 0.2) is 0 Å². The summed E-state index contributed by atoms with van der Waals surface area (Å²) in [6.07, 6.45) is 3.04. The highest BCUT2D eigenvalue weighted by Gasteiger charge is 2.08. The fraction of sp³-hybridized carbons (Fsp3) is 0.500. The topological polar surface area (TPSA) is 64.3 Å². The lowest BCUT2D eigenvalue weighted by atomic mass is 10.1. The lowest BCUT2D eigenvalue weighted by Crippen LogP contribution is -2.25. The summed E-state index contributed by atoms with van der Waals surface area (Å²) in [6.45, 7) is 3.41. The van der Waals surface area contributed by atoms with Crippen LogP contribution in [0.25, 0.3) is 0 Å². The number of nitrogen functional groups attached to an aromatic ring is 1. The van der Waals surface area contributed by atoms with Crippen molar-refractivity contribution in [2.75, 3.05) is 26.0 Å². The lowest BCUT2D eigenvalue weighted by molar-refractivity contribution is 0.0953. The molecular formula is C14H22N2O2. The first kappa shape index (κ1) is 14.5. The van der Waals surface area contributed by atoms with E-state index in [1.165, 1.54) is 0 Å². The summed E-state index contributed by atoms with van der Waals surface area (Å²) in [4.78, 5) is 11.8. The van der Waals surface area contributed by atoms with Crippen molar-refractivity contribution < 1.29 is 9.53 Å². The van der Waals surface area contributed by atoms with E-state index >= 15 is 0 Å². The van der Waals surface area contributed by atoms with Gasteiger partial charge in [-0.05, 0) is 43.9 Å². The zero-order valence-corrected chi connectivity index (χ0v) is 11.2. The smallest absolute Gasteiger partial charge is 0.253 e. The lowest BCUT2D eigenvalue weighted by Gasteiger charge is -2.08. The molecule has 0 atom stereocenters. The van der Waals surface area contributed by atoms with Crippen LogP contribution in [0.5, 0.6) is 0 Å². The van der Waals surface area contributed by atoms with Gasteiger partial charge in [-0.25, -0.2) is 0 Å². The SMILES string of the molecule is COCCCCCNC(=O)c1ccc(C)cc1N. The van der Waals surface area contributed by atoms with E-state index in [0.717, 1.165) is 31.4 Å². The van der Waals surface area contributed by atoms with E-state index in [-0.39, 0.29) is 5.91 Å². The van der Waals surface area contributed by atoms with Crippen molar-refractivity contribution in [2.45, 2.75) is 26.2 Å². The minimum atomic E-state index is -0.0979. The molecule has 1 aromatic rings. The number of amides is 1. The van der Waals surface area contributed by atoms with Crippen molar-refractivity contribution in [3.05, 3.63) is 29.3 Å². The summed E-state index contributed by atoms with van der Waals surface area (Å²) >= 11 is 0. The van der Waals surface area contributed by atoms with Gasteiger partial charge in [-0.1, -0.05) is 6.07 Å². The van der Waals surface area contributed by atoms with Gasteiger partial charge < -0.3 is 15.8 Å². The maximum absolute atomic E-state index is 11.8. The van der Waals surface area contributed by atoms with E-state index in [1.807, 2.05) is 19.1 Å². The van der Waals surface area contributed by atoms with Crippen LogP contribution in [0.2, 0.25) is 0 Å². The van der Waals surface area contributed by atoms with Gasteiger partial charge in [0.05, 0.1) is 5.56 Å². The Balaban J connectivity index is 2.32. The van der Waals surface area contributed by atoms with Crippen molar-refractivity contribution in [1.82, 2.24) is 5.32 Å². The highest BCUT2D eigenvalue weighted by molar-refractivity contribution is 5.99. The summed E-state index contributed by atoms with van der Waals surface area (Å²) in [6, 6.07) is 5.47. The first-order valence-corrected chi connectivity index (χ1v) is 6.28. The second-order valence-electron chi connectivity index (χ2n) is 4.40. The fourth-order valence-corrected chi connectivity index (χ4v) is 1.73.